The molecule has 0 bridgehead atoms. The number of rotatable bonds is 5. The van der Waals surface area contributed by atoms with Gasteiger partial charge in [-0.3, -0.25) is 0 Å². The summed E-state index contributed by atoms with van der Waals surface area (Å²) in [5.41, 5.74) is 6.62. The first-order valence-corrected chi connectivity index (χ1v) is 10.7. The highest BCUT2D eigenvalue weighted by Gasteiger charge is 2.47. The largest absolute Gasteiger partial charge is 0.0828 e. The van der Waals surface area contributed by atoms with Crippen molar-refractivity contribution in [2.45, 2.75) is 70.4 Å². The van der Waals surface area contributed by atoms with Gasteiger partial charge in [-0.1, -0.05) is 98.0 Å². The molecule has 0 atom stereocenters. The molecule has 0 nitrogen and oxygen atoms in total. The molecule has 0 heterocycles. The van der Waals surface area contributed by atoms with Gasteiger partial charge in [0, 0.05) is 5.66 Å². The van der Waals surface area contributed by atoms with Crippen molar-refractivity contribution in [2.24, 2.45) is 0 Å². The molecular weight excluding hydrogens is 307 g/mol. The molecule has 0 saturated carbocycles. The lowest BCUT2D eigenvalue weighted by Crippen LogP contribution is -2.31. The molecular formula is C23H31P. The first-order valence-electron chi connectivity index (χ1n) is 9.31. The standard InChI is InChI=1S/C23H31P/c1-7-22(3,4)24(23(5,6)8-2)21-19-15-11-9-13-17(19)18-14-10-12-16-20(18)21/h9-16,21H,7-8H2,1-6H3. The summed E-state index contributed by atoms with van der Waals surface area (Å²) in [4.78, 5) is 0. The van der Waals surface area contributed by atoms with Crippen LogP contribution < -0.4 is 0 Å². The lowest BCUT2D eigenvalue weighted by Gasteiger charge is -2.49. The van der Waals surface area contributed by atoms with Crippen LogP contribution >= 0.6 is 7.92 Å². The Morgan fingerprint density at radius 3 is 1.46 bits per heavy atom. The Morgan fingerprint density at radius 2 is 1.08 bits per heavy atom. The van der Waals surface area contributed by atoms with Crippen molar-refractivity contribution in [3.8, 4) is 11.1 Å². The van der Waals surface area contributed by atoms with Crippen LogP contribution in [0.5, 0.6) is 0 Å². The molecule has 0 amide bonds. The molecule has 1 aliphatic carbocycles. The van der Waals surface area contributed by atoms with Gasteiger partial charge in [0.2, 0.25) is 0 Å². The summed E-state index contributed by atoms with van der Waals surface area (Å²) in [6.07, 6.45) is 2.48. The summed E-state index contributed by atoms with van der Waals surface area (Å²) in [5, 5.41) is 0.730. The lowest BCUT2D eigenvalue weighted by atomic mass is 10.1. The molecule has 0 spiro atoms. The first-order chi connectivity index (χ1) is 11.3. The third-order valence-electron chi connectivity index (χ3n) is 6.09. The van der Waals surface area contributed by atoms with Crippen molar-refractivity contribution < 1.29 is 0 Å². The van der Waals surface area contributed by atoms with Gasteiger partial charge in [-0.2, -0.15) is 0 Å². The molecule has 128 valence electrons. The Balaban J connectivity index is 2.25. The van der Waals surface area contributed by atoms with E-state index in [4.69, 9.17) is 0 Å². The second kappa shape index (κ2) is 6.30. The van der Waals surface area contributed by atoms with Gasteiger partial charge in [0.15, 0.2) is 0 Å². The highest BCUT2D eigenvalue weighted by Crippen LogP contribution is 2.74. The first kappa shape index (κ1) is 17.7. The fourth-order valence-corrected chi connectivity index (χ4v) is 8.99. The van der Waals surface area contributed by atoms with Crippen LogP contribution in [0.25, 0.3) is 11.1 Å². The van der Waals surface area contributed by atoms with Crippen LogP contribution in [-0.2, 0) is 0 Å². The average Bonchev–Trinajstić information content (AvgIpc) is 2.90. The minimum absolute atomic E-state index is 0.222. The van der Waals surface area contributed by atoms with Gasteiger partial charge in [0.05, 0.1) is 0 Å². The maximum absolute atomic E-state index is 2.50. The Morgan fingerprint density at radius 1 is 0.708 bits per heavy atom. The molecule has 2 aromatic rings. The van der Waals surface area contributed by atoms with Gasteiger partial charge in [0.25, 0.3) is 0 Å². The van der Waals surface area contributed by atoms with Crippen molar-refractivity contribution in [3.63, 3.8) is 0 Å². The van der Waals surface area contributed by atoms with Crippen LogP contribution in [0, 0.1) is 0 Å². The van der Waals surface area contributed by atoms with Gasteiger partial charge in [-0.15, -0.1) is 0 Å². The van der Waals surface area contributed by atoms with Gasteiger partial charge in [-0.25, -0.2) is 0 Å². The average molecular weight is 338 g/mol. The summed E-state index contributed by atoms with van der Waals surface area (Å²) in [5.74, 6) is 0. The fraction of sp³-hybridized carbons (Fsp3) is 0.478. The third-order valence-corrected chi connectivity index (χ3v) is 10.4. The molecule has 0 radical (unpaired) electrons. The Hall–Kier alpha value is -1.13. The molecule has 1 aliphatic rings. The van der Waals surface area contributed by atoms with E-state index in [1.54, 1.807) is 11.1 Å². The van der Waals surface area contributed by atoms with Crippen LogP contribution in [0.3, 0.4) is 0 Å². The molecule has 0 aromatic heterocycles. The van der Waals surface area contributed by atoms with Crippen molar-refractivity contribution in [1.29, 1.82) is 0 Å². The molecule has 0 fully saturated rings. The van der Waals surface area contributed by atoms with Crippen LogP contribution in [0.15, 0.2) is 48.5 Å². The number of hydrogen-bond donors (Lipinski definition) is 0. The highest BCUT2D eigenvalue weighted by atomic mass is 31.1. The maximum Gasteiger partial charge on any atom is 0.0313 e. The zero-order valence-electron chi connectivity index (χ0n) is 16.1. The van der Waals surface area contributed by atoms with E-state index in [0.29, 0.717) is 16.0 Å². The summed E-state index contributed by atoms with van der Waals surface area (Å²) in [6, 6.07) is 18.2. The number of benzene rings is 2. The topological polar surface area (TPSA) is 0 Å². The second-order valence-corrected chi connectivity index (χ2v) is 12.0. The van der Waals surface area contributed by atoms with Gasteiger partial charge < -0.3 is 0 Å². The van der Waals surface area contributed by atoms with Crippen LogP contribution in [0.4, 0.5) is 0 Å². The van der Waals surface area contributed by atoms with Crippen LogP contribution in [-0.4, -0.2) is 10.3 Å². The van der Waals surface area contributed by atoms with E-state index < -0.39 is 0 Å². The molecule has 0 saturated heterocycles. The Labute approximate surface area is 149 Å². The molecule has 1 heteroatoms. The van der Waals surface area contributed by atoms with Gasteiger partial charge in [-0.05, 0) is 45.4 Å². The number of hydrogen-bond acceptors (Lipinski definition) is 0. The SMILES string of the molecule is CCC(C)(C)P(C1c2ccccc2-c2ccccc21)C(C)(C)CC. The van der Waals surface area contributed by atoms with E-state index >= 15 is 0 Å². The number of fused-ring (bicyclic) bond motifs is 3. The van der Waals surface area contributed by atoms with E-state index in [2.05, 4.69) is 90.1 Å². The van der Waals surface area contributed by atoms with E-state index in [-0.39, 0.29) is 7.92 Å². The smallest absolute Gasteiger partial charge is 0.0313 e. The van der Waals surface area contributed by atoms with Gasteiger partial charge >= 0.3 is 0 Å². The minimum atomic E-state index is -0.222. The third kappa shape index (κ3) is 2.74. The zero-order chi connectivity index (χ0) is 17.5. The van der Waals surface area contributed by atoms with Crippen molar-refractivity contribution >= 4 is 7.92 Å². The Bertz CT molecular complexity index is 665. The van der Waals surface area contributed by atoms with E-state index in [1.165, 1.54) is 24.0 Å². The molecule has 0 aliphatic heterocycles. The molecule has 0 N–H and O–H groups in total. The summed E-state index contributed by atoms with van der Waals surface area (Å²) in [6.45, 7) is 14.7. The fourth-order valence-electron chi connectivity index (χ4n) is 4.27. The molecule has 2 aromatic carbocycles. The van der Waals surface area contributed by atoms with Gasteiger partial charge in [0.1, 0.15) is 0 Å². The summed E-state index contributed by atoms with van der Waals surface area (Å²) < 4.78 is 0. The monoisotopic (exact) mass is 338 g/mol. The molecule has 3 rings (SSSR count). The van der Waals surface area contributed by atoms with Crippen molar-refractivity contribution in [3.05, 3.63) is 59.7 Å². The maximum atomic E-state index is 2.50. The normalized spacial score (nSPS) is 14.8. The lowest BCUT2D eigenvalue weighted by molar-refractivity contribution is 0.596. The van der Waals surface area contributed by atoms with Crippen LogP contribution in [0.2, 0.25) is 0 Å². The quantitative estimate of drug-likeness (QED) is 0.492. The van der Waals surface area contributed by atoms with Crippen LogP contribution in [0.1, 0.15) is 71.2 Å². The van der Waals surface area contributed by atoms with Crippen molar-refractivity contribution in [1.82, 2.24) is 0 Å². The predicted octanol–water partition coefficient (Wildman–Crippen LogP) is 7.62. The van der Waals surface area contributed by atoms with Crippen molar-refractivity contribution in [2.75, 3.05) is 0 Å². The van der Waals surface area contributed by atoms with E-state index in [1.807, 2.05) is 0 Å². The second-order valence-electron chi connectivity index (χ2n) is 8.28. The Kier molecular flexibility index (Phi) is 4.65. The molecule has 0 unspecified atom stereocenters. The highest BCUT2D eigenvalue weighted by molar-refractivity contribution is 7.61. The zero-order valence-corrected chi connectivity index (χ0v) is 17.0. The predicted molar refractivity (Wildman–Crippen MR) is 109 cm³/mol. The summed E-state index contributed by atoms with van der Waals surface area (Å²) >= 11 is 0. The summed E-state index contributed by atoms with van der Waals surface area (Å²) in [7, 11) is -0.222. The minimum Gasteiger partial charge on any atom is -0.0828 e. The molecule has 24 heavy (non-hydrogen) atoms. The van der Waals surface area contributed by atoms with E-state index in [0.717, 1.165) is 0 Å². The van der Waals surface area contributed by atoms with E-state index in [9.17, 15) is 0 Å².